The molecule has 2 rings (SSSR count). The van der Waals surface area contributed by atoms with Crippen molar-refractivity contribution in [1.82, 2.24) is 4.72 Å². The minimum atomic E-state index is -3.77. The molecule has 0 aromatic heterocycles. The number of benzene rings is 2. The van der Waals surface area contributed by atoms with Crippen molar-refractivity contribution in [2.75, 3.05) is 18.4 Å². The van der Waals surface area contributed by atoms with Crippen LogP contribution < -0.4 is 14.2 Å². The Balaban J connectivity index is 2.20. The lowest BCUT2D eigenvalue weighted by atomic mass is 10.3. The van der Waals surface area contributed by atoms with Crippen molar-refractivity contribution in [3.05, 3.63) is 48.5 Å². The molecule has 7 nitrogen and oxygen atoms in total. The Morgan fingerprint density at radius 3 is 1.83 bits per heavy atom. The van der Waals surface area contributed by atoms with Gasteiger partial charge in [-0.3, -0.25) is 4.72 Å². The van der Waals surface area contributed by atoms with Crippen LogP contribution in [0.5, 0.6) is 5.75 Å². The molecule has 0 aliphatic carbocycles. The summed E-state index contributed by atoms with van der Waals surface area (Å²) in [4.78, 5) is 0.143. The Kier molecular flexibility index (Phi) is 5.47. The highest BCUT2D eigenvalue weighted by Gasteiger charge is 2.16. The van der Waals surface area contributed by atoms with Crippen LogP contribution in [-0.4, -0.2) is 30.5 Å². The van der Waals surface area contributed by atoms with Gasteiger partial charge < -0.3 is 4.74 Å². The molecule has 0 radical (unpaired) electrons. The van der Waals surface area contributed by atoms with Gasteiger partial charge >= 0.3 is 0 Å². The van der Waals surface area contributed by atoms with E-state index in [1.807, 2.05) is 0 Å². The average molecular weight is 370 g/mol. The molecule has 0 heterocycles. The summed E-state index contributed by atoms with van der Waals surface area (Å²) >= 11 is 0. The Morgan fingerprint density at radius 2 is 1.33 bits per heavy atom. The Labute approximate surface area is 141 Å². The second kappa shape index (κ2) is 7.20. The van der Waals surface area contributed by atoms with Crippen molar-refractivity contribution in [2.45, 2.75) is 16.7 Å². The van der Waals surface area contributed by atoms with Crippen molar-refractivity contribution in [2.24, 2.45) is 0 Å². The zero-order valence-electron chi connectivity index (χ0n) is 13.2. The molecule has 2 N–H and O–H groups in total. The average Bonchev–Trinajstić information content (AvgIpc) is 2.55. The number of methoxy groups -OCH3 is 1. The summed E-state index contributed by atoms with van der Waals surface area (Å²) in [6.07, 6.45) is 0. The van der Waals surface area contributed by atoms with Gasteiger partial charge in [0.25, 0.3) is 10.0 Å². The first kappa shape index (κ1) is 18.2. The van der Waals surface area contributed by atoms with E-state index in [0.29, 0.717) is 5.75 Å². The zero-order chi connectivity index (χ0) is 17.8. The van der Waals surface area contributed by atoms with Gasteiger partial charge in [0.05, 0.1) is 16.9 Å². The SMILES string of the molecule is CCNS(=O)(=O)c1ccc(NS(=O)(=O)c2ccc(OC)cc2)cc1. The number of sulfonamides is 2. The third-order valence-corrected chi connectivity index (χ3v) is 6.08. The molecule has 0 unspecified atom stereocenters. The van der Waals surface area contributed by atoms with E-state index in [-0.39, 0.29) is 22.0 Å². The van der Waals surface area contributed by atoms with Gasteiger partial charge in [-0.05, 0) is 48.5 Å². The number of rotatable bonds is 7. The minimum Gasteiger partial charge on any atom is -0.497 e. The van der Waals surface area contributed by atoms with Crippen molar-refractivity contribution in [3.8, 4) is 5.75 Å². The molecule has 2 aromatic rings. The number of hydrogen-bond acceptors (Lipinski definition) is 5. The quantitative estimate of drug-likeness (QED) is 0.774. The summed E-state index contributed by atoms with van der Waals surface area (Å²) < 4.78 is 58.1. The molecule has 130 valence electrons. The first-order valence-corrected chi connectivity index (χ1v) is 10.0. The fourth-order valence-corrected chi connectivity index (χ4v) is 4.04. The van der Waals surface area contributed by atoms with E-state index < -0.39 is 20.0 Å². The fourth-order valence-electron chi connectivity index (χ4n) is 1.94. The molecule has 0 aliphatic heterocycles. The monoisotopic (exact) mass is 370 g/mol. The predicted molar refractivity (Wildman–Crippen MR) is 91.1 cm³/mol. The molecule has 0 bridgehead atoms. The molecule has 2 aromatic carbocycles. The summed E-state index contributed by atoms with van der Waals surface area (Å²) in [5.74, 6) is 0.548. The van der Waals surface area contributed by atoms with Gasteiger partial charge in [-0.1, -0.05) is 6.92 Å². The van der Waals surface area contributed by atoms with Gasteiger partial charge in [0.1, 0.15) is 5.75 Å². The van der Waals surface area contributed by atoms with Crippen molar-refractivity contribution >= 4 is 25.7 Å². The highest BCUT2D eigenvalue weighted by molar-refractivity contribution is 7.92. The summed E-state index contributed by atoms with van der Waals surface area (Å²) in [5, 5.41) is 0. The molecule has 24 heavy (non-hydrogen) atoms. The highest BCUT2D eigenvalue weighted by Crippen LogP contribution is 2.20. The third-order valence-electron chi connectivity index (χ3n) is 3.12. The van der Waals surface area contributed by atoms with Crippen LogP contribution in [0.4, 0.5) is 5.69 Å². The zero-order valence-corrected chi connectivity index (χ0v) is 14.8. The van der Waals surface area contributed by atoms with Crippen molar-refractivity contribution in [3.63, 3.8) is 0 Å². The maximum atomic E-state index is 12.3. The minimum absolute atomic E-state index is 0.0664. The molecular weight excluding hydrogens is 352 g/mol. The summed E-state index contributed by atoms with van der Waals surface area (Å²) in [6.45, 7) is 1.95. The van der Waals surface area contributed by atoms with Gasteiger partial charge in [-0.2, -0.15) is 0 Å². The molecule has 9 heteroatoms. The molecule has 0 atom stereocenters. The van der Waals surface area contributed by atoms with E-state index in [2.05, 4.69) is 9.44 Å². The number of hydrogen-bond donors (Lipinski definition) is 2. The topological polar surface area (TPSA) is 102 Å². The third kappa shape index (κ3) is 4.25. The van der Waals surface area contributed by atoms with E-state index in [9.17, 15) is 16.8 Å². The van der Waals surface area contributed by atoms with Crippen LogP contribution in [0.2, 0.25) is 0 Å². The number of anilines is 1. The lowest BCUT2D eigenvalue weighted by Gasteiger charge is -2.10. The highest BCUT2D eigenvalue weighted by atomic mass is 32.2. The maximum absolute atomic E-state index is 12.3. The molecule has 0 saturated heterocycles. The van der Waals surface area contributed by atoms with Gasteiger partial charge in [-0.15, -0.1) is 0 Å². The Morgan fingerprint density at radius 1 is 0.833 bits per heavy atom. The molecule has 0 aliphatic rings. The van der Waals surface area contributed by atoms with Crippen LogP contribution in [0, 0.1) is 0 Å². The van der Waals surface area contributed by atoms with Crippen LogP contribution in [-0.2, 0) is 20.0 Å². The van der Waals surface area contributed by atoms with Crippen LogP contribution in [0.3, 0.4) is 0 Å². The molecule has 0 spiro atoms. The normalized spacial score (nSPS) is 11.9. The lowest BCUT2D eigenvalue weighted by Crippen LogP contribution is -2.23. The van der Waals surface area contributed by atoms with E-state index >= 15 is 0 Å². The molecular formula is C15H18N2O5S2. The first-order chi connectivity index (χ1) is 11.3. The summed E-state index contributed by atoms with van der Waals surface area (Å²) in [7, 11) is -5.85. The van der Waals surface area contributed by atoms with E-state index in [1.54, 1.807) is 19.1 Å². The van der Waals surface area contributed by atoms with Crippen LogP contribution in [0.25, 0.3) is 0 Å². The first-order valence-electron chi connectivity index (χ1n) is 7.05. The van der Waals surface area contributed by atoms with E-state index in [1.165, 1.54) is 43.5 Å². The van der Waals surface area contributed by atoms with Crippen molar-refractivity contribution in [1.29, 1.82) is 0 Å². The van der Waals surface area contributed by atoms with Crippen molar-refractivity contribution < 1.29 is 21.6 Å². The van der Waals surface area contributed by atoms with E-state index in [0.717, 1.165) is 0 Å². The number of nitrogens with one attached hydrogen (secondary N) is 2. The smallest absolute Gasteiger partial charge is 0.261 e. The maximum Gasteiger partial charge on any atom is 0.261 e. The van der Waals surface area contributed by atoms with Crippen LogP contribution in [0.15, 0.2) is 58.3 Å². The van der Waals surface area contributed by atoms with Gasteiger partial charge in [0.2, 0.25) is 10.0 Å². The summed E-state index contributed by atoms with van der Waals surface area (Å²) in [6, 6.07) is 11.4. The molecule has 0 saturated carbocycles. The van der Waals surface area contributed by atoms with Gasteiger partial charge in [0.15, 0.2) is 0 Å². The lowest BCUT2D eigenvalue weighted by molar-refractivity contribution is 0.414. The second-order valence-electron chi connectivity index (χ2n) is 4.81. The van der Waals surface area contributed by atoms with Gasteiger partial charge in [-0.25, -0.2) is 21.6 Å². The molecule has 0 amide bonds. The second-order valence-corrected chi connectivity index (χ2v) is 8.26. The predicted octanol–water partition coefficient (Wildman–Crippen LogP) is 1.79. The Hall–Kier alpha value is -2.10. The Bertz CT molecular complexity index is 890. The molecule has 0 fully saturated rings. The largest absolute Gasteiger partial charge is 0.497 e. The standard InChI is InChI=1S/C15H18N2O5S2/c1-3-16-23(18,19)14-8-4-12(5-9-14)17-24(20,21)15-10-6-13(22-2)7-11-15/h4-11,16-17H,3H2,1-2H3. The van der Waals surface area contributed by atoms with E-state index in [4.69, 9.17) is 4.74 Å². The van der Waals surface area contributed by atoms with Gasteiger partial charge in [0, 0.05) is 12.2 Å². The number of ether oxygens (including phenoxy) is 1. The fraction of sp³-hybridized carbons (Fsp3) is 0.200. The van der Waals surface area contributed by atoms with Crippen LogP contribution in [0.1, 0.15) is 6.92 Å². The summed E-state index contributed by atoms with van der Waals surface area (Å²) in [5.41, 5.74) is 0.265. The van der Waals surface area contributed by atoms with Crippen LogP contribution >= 0.6 is 0 Å².